The Labute approximate surface area is 81.8 Å². The number of hydrogen-bond donors (Lipinski definition) is 1. The van der Waals surface area contributed by atoms with Gasteiger partial charge in [0.25, 0.3) is 0 Å². The highest BCUT2D eigenvalue weighted by molar-refractivity contribution is 5.76. The van der Waals surface area contributed by atoms with Gasteiger partial charge in [-0.25, -0.2) is 4.79 Å². The minimum absolute atomic E-state index is 0.681. The number of carboxylic acids is 1. The third-order valence-electron chi connectivity index (χ3n) is 2.99. The topological polar surface area (TPSA) is 68.0 Å². The zero-order valence-corrected chi connectivity index (χ0v) is 7.89. The molecule has 1 aromatic rings. The third-order valence-corrected chi connectivity index (χ3v) is 2.99. The van der Waals surface area contributed by atoms with E-state index in [0.29, 0.717) is 12.8 Å². The van der Waals surface area contributed by atoms with Gasteiger partial charge in [0.1, 0.15) is 18.2 Å². The predicted octanol–water partition coefficient (Wildman–Crippen LogP) is 1.02. The minimum atomic E-state index is -0.790. The van der Waals surface area contributed by atoms with Gasteiger partial charge in [-0.2, -0.15) is 0 Å². The molecule has 2 rings (SSSR count). The van der Waals surface area contributed by atoms with Crippen LogP contribution in [0.3, 0.4) is 0 Å². The van der Waals surface area contributed by atoms with E-state index in [2.05, 4.69) is 10.2 Å². The number of carboxylic acid groups (broad SMARTS) is 1. The molecule has 0 radical (unpaired) electrons. The highest BCUT2D eigenvalue weighted by Crippen LogP contribution is 2.34. The van der Waals surface area contributed by atoms with E-state index in [1.54, 1.807) is 4.57 Å². The van der Waals surface area contributed by atoms with Crippen LogP contribution in [0.1, 0.15) is 32.1 Å². The Hall–Kier alpha value is -1.39. The Morgan fingerprint density at radius 2 is 1.79 bits per heavy atom. The summed E-state index contributed by atoms with van der Waals surface area (Å²) in [5.74, 6) is -0.767. The van der Waals surface area contributed by atoms with E-state index in [4.69, 9.17) is 0 Å². The first-order chi connectivity index (χ1) is 6.76. The van der Waals surface area contributed by atoms with Crippen LogP contribution in [0.15, 0.2) is 12.7 Å². The normalized spacial score (nSPS) is 20.6. The van der Waals surface area contributed by atoms with Crippen molar-refractivity contribution in [1.29, 1.82) is 0 Å². The summed E-state index contributed by atoms with van der Waals surface area (Å²) in [5, 5.41) is 16.6. The molecule has 0 atom stereocenters. The van der Waals surface area contributed by atoms with Gasteiger partial charge in [0.15, 0.2) is 0 Å². The molecular weight excluding hydrogens is 182 g/mol. The van der Waals surface area contributed by atoms with Crippen LogP contribution in [0.5, 0.6) is 0 Å². The largest absolute Gasteiger partial charge is 0.479 e. The number of carbonyl (C=O) groups is 1. The molecule has 76 valence electrons. The first-order valence-corrected chi connectivity index (χ1v) is 4.84. The molecule has 1 heterocycles. The summed E-state index contributed by atoms with van der Waals surface area (Å²) in [4.78, 5) is 11.3. The number of hydrogen-bond acceptors (Lipinski definition) is 3. The summed E-state index contributed by atoms with van der Waals surface area (Å²) in [6.45, 7) is 0. The van der Waals surface area contributed by atoms with Crippen molar-refractivity contribution in [3.63, 3.8) is 0 Å². The zero-order chi connectivity index (χ0) is 10.0. The second-order valence-corrected chi connectivity index (χ2v) is 3.77. The van der Waals surface area contributed by atoms with Crippen molar-refractivity contribution in [1.82, 2.24) is 14.8 Å². The quantitative estimate of drug-likeness (QED) is 0.765. The lowest BCUT2D eigenvalue weighted by Crippen LogP contribution is -2.42. The van der Waals surface area contributed by atoms with Crippen molar-refractivity contribution in [2.24, 2.45) is 0 Å². The zero-order valence-electron chi connectivity index (χ0n) is 7.89. The summed E-state index contributed by atoms with van der Waals surface area (Å²) in [7, 11) is 0. The molecular formula is C9H13N3O2. The molecule has 1 fully saturated rings. The van der Waals surface area contributed by atoms with Crippen LogP contribution >= 0.6 is 0 Å². The second kappa shape index (κ2) is 3.40. The van der Waals surface area contributed by atoms with Crippen LogP contribution in [0, 0.1) is 0 Å². The SMILES string of the molecule is O=C(O)C1(n2cnnc2)CCCCC1. The Morgan fingerprint density at radius 3 is 2.29 bits per heavy atom. The van der Waals surface area contributed by atoms with Crippen LogP contribution in [-0.4, -0.2) is 25.8 Å². The first kappa shape index (κ1) is 9.18. The molecule has 1 aliphatic rings. The Morgan fingerprint density at radius 1 is 1.21 bits per heavy atom. The third kappa shape index (κ3) is 1.29. The lowest BCUT2D eigenvalue weighted by molar-refractivity contribution is -0.149. The summed E-state index contributed by atoms with van der Waals surface area (Å²) < 4.78 is 1.63. The molecule has 0 saturated heterocycles. The molecule has 1 N–H and O–H groups in total. The Kier molecular flexibility index (Phi) is 2.23. The van der Waals surface area contributed by atoms with Gasteiger partial charge >= 0.3 is 5.97 Å². The number of aliphatic carboxylic acids is 1. The Bertz CT molecular complexity index is 315. The standard InChI is InChI=1S/C9H13N3O2/c13-8(14)9(4-2-1-3-5-9)12-6-10-11-7-12/h6-7H,1-5H2,(H,13,14). The Balaban J connectivity index is 2.35. The van der Waals surface area contributed by atoms with Gasteiger partial charge in [-0.1, -0.05) is 19.3 Å². The average Bonchev–Trinajstić information content (AvgIpc) is 2.72. The molecule has 0 aliphatic heterocycles. The molecule has 5 heteroatoms. The summed E-state index contributed by atoms with van der Waals surface area (Å²) in [5.41, 5.74) is -0.790. The van der Waals surface area contributed by atoms with Crippen LogP contribution in [0.4, 0.5) is 0 Å². The van der Waals surface area contributed by atoms with Crippen LogP contribution < -0.4 is 0 Å². The van der Waals surface area contributed by atoms with Gasteiger partial charge in [-0.3, -0.25) is 0 Å². The molecule has 0 amide bonds. The van der Waals surface area contributed by atoms with Crippen LogP contribution in [-0.2, 0) is 10.3 Å². The van der Waals surface area contributed by atoms with Gasteiger partial charge in [0, 0.05) is 0 Å². The van der Waals surface area contributed by atoms with Crippen molar-refractivity contribution in [3.8, 4) is 0 Å². The lowest BCUT2D eigenvalue weighted by Gasteiger charge is -2.33. The van der Waals surface area contributed by atoms with Gasteiger partial charge < -0.3 is 9.67 Å². The molecule has 0 spiro atoms. The summed E-state index contributed by atoms with van der Waals surface area (Å²) >= 11 is 0. The molecule has 0 bridgehead atoms. The van der Waals surface area contributed by atoms with Crippen molar-refractivity contribution >= 4 is 5.97 Å². The van der Waals surface area contributed by atoms with E-state index in [0.717, 1.165) is 19.3 Å². The van der Waals surface area contributed by atoms with Crippen molar-refractivity contribution in [2.75, 3.05) is 0 Å². The number of aromatic nitrogens is 3. The van der Waals surface area contributed by atoms with Crippen molar-refractivity contribution in [2.45, 2.75) is 37.6 Å². The van der Waals surface area contributed by atoms with Crippen LogP contribution in [0.25, 0.3) is 0 Å². The fourth-order valence-corrected chi connectivity index (χ4v) is 2.14. The van der Waals surface area contributed by atoms with Crippen molar-refractivity contribution < 1.29 is 9.90 Å². The van der Waals surface area contributed by atoms with E-state index in [1.807, 2.05) is 0 Å². The molecule has 5 nitrogen and oxygen atoms in total. The van der Waals surface area contributed by atoms with Crippen molar-refractivity contribution in [3.05, 3.63) is 12.7 Å². The lowest BCUT2D eigenvalue weighted by atomic mass is 9.81. The minimum Gasteiger partial charge on any atom is -0.479 e. The van der Waals surface area contributed by atoms with E-state index < -0.39 is 11.5 Å². The summed E-state index contributed by atoms with van der Waals surface area (Å²) in [6, 6.07) is 0. The molecule has 1 saturated carbocycles. The highest BCUT2D eigenvalue weighted by Gasteiger charge is 2.41. The first-order valence-electron chi connectivity index (χ1n) is 4.84. The molecule has 1 aliphatic carbocycles. The maximum absolute atomic E-state index is 11.3. The molecule has 1 aromatic heterocycles. The predicted molar refractivity (Wildman–Crippen MR) is 48.7 cm³/mol. The van der Waals surface area contributed by atoms with Crippen LogP contribution in [0.2, 0.25) is 0 Å². The molecule has 0 aromatic carbocycles. The molecule has 0 unspecified atom stereocenters. The maximum Gasteiger partial charge on any atom is 0.329 e. The smallest absolute Gasteiger partial charge is 0.329 e. The fourth-order valence-electron chi connectivity index (χ4n) is 2.14. The van der Waals surface area contributed by atoms with Gasteiger partial charge in [-0.05, 0) is 12.8 Å². The highest BCUT2D eigenvalue weighted by atomic mass is 16.4. The van der Waals surface area contributed by atoms with E-state index >= 15 is 0 Å². The molecule has 14 heavy (non-hydrogen) atoms. The number of nitrogens with zero attached hydrogens (tertiary/aromatic N) is 3. The second-order valence-electron chi connectivity index (χ2n) is 3.77. The van der Waals surface area contributed by atoms with Gasteiger partial charge in [0.2, 0.25) is 0 Å². The number of rotatable bonds is 2. The average molecular weight is 195 g/mol. The van der Waals surface area contributed by atoms with Gasteiger partial charge in [0.05, 0.1) is 0 Å². The van der Waals surface area contributed by atoms with Gasteiger partial charge in [-0.15, -0.1) is 10.2 Å². The van der Waals surface area contributed by atoms with E-state index in [-0.39, 0.29) is 0 Å². The van der Waals surface area contributed by atoms with E-state index in [1.165, 1.54) is 12.7 Å². The monoisotopic (exact) mass is 195 g/mol. The summed E-state index contributed by atoms with van der Waals surface area (Å²) in [6.07, 6.45) is 7.41. The maximum atomic E-state index is 11.3. The van der Waals surface area contributed by atoms with E-state index in [9.17, 15) is 9.90 Å². The fraction of sp³-hybridized carbons (Fsp3) is 0.667.